The number of hydrazine groups is 1. The van der Waals surface area contributed by atoms with Crippen LogP contribution < -0.4 is 16.2 Å². The summed E-state index contributed by atoms with van der Waals surface area (Å²) >= 11 is 0. The summed E-state index contributed by atoms with van der Waals surface area (Å²) in [6.07, 6.45) is 3.16. The largest absolute Gasteiger partial charge is 0.507 e. The smallest absolute Gasteiger partial charge is 0.235 e. The SMILES string of the molecule is Cc1ccc2c(c1)CN(CC(=O)NC1CC(c3ccccc3O)=CNN1)CC2. The van der Waals surface area contributed by atoms with Gasteiger partial charge in [0, 0.05) is 31.3 Å². The van der Waals surface area contributed by atoms with Crippen LogP contribution in [0.5, 0.6) is 5.75 Å². The number of para-hydroxylation sites is 1. The molecule has 1 unspecified atom stereocenters. The van der Waals surface area contributed by atoms with Gasteiger partial charge in [-0.2, -0.15) is 0 Å². The summed E-state index contributed by atoms with van der Waals surface area (Å²) in [4.78, 5) is 14.8. The molecule has 1 amide bonds. The molecule has 2 aliphatic rings. The predicted molar refractivity (Wildman–Crippen MR) is 109 cm³/mol. The quantitative estimate of drug-likeness (QED) is 0.655. The van der Waals surface area contributed by atoms with E-state index in [1.54, 1.807) is 12.1 Å². The highest BCUT2D eigenvalue weighted by atomic mass is 16.3. The van der Waals surface area contributed by atoms with Gasteiger partial charge >= 0.3 is 0 Å². The van der Waals surface area contributed by atoms with E-state index < -0.39 is 0 Å². The average molecular weight is 378 g/mol. The van der Waals surface area contributed by atoms with E-state index in [0.717, 1.165) is 30.6 Å². The van der Waals surface area contributed by atoms with Crippen LogP contribution in [0.4, 0.5) is 0 Å². The molecule has 0 aromatic heterocycles. The van der Waals surface area contributed by atoms with Crippen molar-refractivity contribution in [1.82, 2.24) is 21.1 Å². The summed E-state index contributed by atoms with van der Waals surface area (Å²) in [5, 5.41) is 13.1. The van der Waals surface area contributed by atoms with E-state index in [4.69, 9.17) is 0 Å². The molecular formula is C22H26N4O2. The number of aromatic hydroxyl groups is 1. The molecule has 1 atom stereocenters. The van der Waals surface area contributed by atoms with E-state index in [2.05, 4.69) is 46.2 Å². The van der Waals surface area contributed by atoms with Crippen molar-refractivity contribution < 1.29 is 9.90 Å². The van der Waals surface area contributed by atoms with Gasteiger partial charge in [-0.1, -0.05) is 42.0 Å². The maximum absolute atomic E-state index is 12.6. The molecule has 0 aliphatic carbocycles. The number of nitrogens with zero attached hydrogens (tertiary/aromatic N) is 1. The molecule has 0 saturated carbocycles. The number of fused-ring (bicyclic) bond motifs is 1. The van der Waals surface area contributed by atoms with Crippen LogP contribution in [-0.2, 0) is 17.8 Å². The molecule has 0 radical (unpaired) electrons. The highest BCUT2D eigenvalue weighted by Gasteiger charge is 2.22. The number of phenols is 1. The van der Waals surface area contributed by atoms with Crippen molar-refractivity contribution in [3.63, 3.8) is 0 Å². The van der Waals surface area contributed by atoms with Crippen molar-refractivity contribution in [3.05, 3.63) is 70.9 Å². The molecule has 0 saturated heterocycles. The van der Waals surface area contributed by atoms with Gasteiger partial charge in [-0.25, -0.2) is 5.43 Å². The summed E-state index contributed by atoms with van der Waals surface area (Å²) in [5.74, 6) is 0.235. The fourth-order valence-corrected chi connectivity index (χ4v) is 3.90. The summed E-state index contributed by atoms with van der Waals surface area (Å²) in [5.41, 5.74) is 11.7. The van der Waals surface area contributed by atoms with Gasteiger partial charge in [0.05, 0.1) is 6.54 Å². The highest BCUT2D eigenvalue weighted by Crippen LogP contribution is 2.28. The van der Waals surface area contributed by atoms with Crippen molar-refractivity contribution in [2.24, 2.45) is 0 Å². The highest BCUT2D eigenvalue weighted by molar-refractivity contribution is 5.79. The van der Waals surface area contributed by atoms with Crippen LogP contribution in [0.3, 0.4) is 0 Å². The topological polar surface area (TPSA) is 76.6 Å². The van der Waals surface area contributed by atoms with Gasteiger partial charge < -0.3 is 15.8 Å². The van der Waals surface area contributed by atoms with E-state index in [1.807, 2.05) is 18.3 Å². The Morgan fingerprint density at radius 1 is 1.25 bits per heavy atom. The molecular weight excluding hydrogens is 352 g/mol. The van der Waals surface area contributed by atoms with E-state index in [9.17, 15) is 9.90 Å². The number of phenolic OH excluding ortho intramolecular Hbond substituents is 1. The van der Waals surface area contributed by atoms with E-state index in [0.29, 0.717) is 13.0 Å². The van der Waals surface area contributed by atoms with Gasteiger partial charge in [0.1, 0.15) is 11.9 Å². The fraction of sp³-hybridized carbons (Fsp3) is 0.318. The molecule has 6 nitrogen and oxygen atoms in total. The Morgan fingerprint density at radius 2 is 2.11 bits per heavy atom. The van der Waals surface area contributed by atoms with Crippen LogP contribution in [0.1, 0.15) is 28.7 Å². The second-order valence-corrected chi connectivity index (χ2v) is 7.53. The normalized spacial score (nSPS) is 19.3. The minimum atomic E-state index is -0.230. The van der Waals surface area contributed by atoms with Crippen LogP contribution in [0, 0.1) is 6.92 Å². The predicted octanol–water partition coefficient (Wildman–Crippen LogP) is 2.04. The molecule has 6 heteroatoms. The lowest BCUT2D eigenvalue weighted by Gasteiger charge is -2.30. The van der Waals surface area contributed by atoms with Crippen LogP contribution >= 0.6 is 0 Å². The lowest BCUT2D eigenvalue weighted by atomic mass is 9.98. The first-order chi connectivity index (χ1) is 13.6. The summed E-state index contributed by atoms with van der Waals surface area (Å²) in [6.45, 7) is 4.18. The monoisotopic (exact) mass is 378 g/mol. The van der Waals surface area contributed by atoms with Gasteiger partial charge in [0.25, 0.3) is 0 Å². The average Bonchev–Trinajstić information content (AvgIpc) is 2.68. The Balaban J connectivity index is 1.33. The second kappa shape index (κ2) is 8.04. The molecule has 4 N–H and O–H groups in total. The third kappa shape index (κ3) is 4.18. The molecule has 2 aromatic carbocycles. The van der Waals surface area contributed by atoms with E-state index in [1.165, 1.54) is 16.7 Å². The minimum absolute atomic E-state index is 0.00561. The Morgan fingerprint density at radius 3 is 2.96 bits per heavy atom. The van der Waals surface area contributed by atoms with Crippen LogP contribution in [0.25, 0.3) is 5.57 Å². The molecule has 0 bridgehead atoms. The van der Waals surface area contributed by atoms with Crippen molar-refractivity contribution >= 4 is 11.5 Å². The van der Waals surface area contributed by atoms with Crippen molar-refractivity contribution in [3.8, 4) is 5.75 Å². The van der Waals surface area contributed by atoms with Crippen molar-refractivity contribution in [1.29, 1.82) is 0 Å². The zero-order valence-corrected chi connectivity index (χ0v) is 16.0. The second-order valence-electron chi connectivity index (χ2n) is 7.53. The summed E-state index contributed by atoms with van der Waals surface area (Å²) in [7, 11) is 0. The maximum atomic E-state index is 12.6. The lowest BCUT2D eigenvalue weighted by molar-refractivity contribution is -0.123. The van der Waals surface area contributed by atoms with Crippen LogP contribution in [0.2, 0.25) is 0 Å². The Hall–Kier alpha value is -2.83. The molecule has 28 heavy (non-hydrogen) atoms. The Kier molecular flexibility index (Phi) is 5.32. The Bertz CT molecular complexity index is 909. The third-order valence-corrected chi connectivity index (χ3v) is 5.33. The molecule has 2 aromatic rings. The maximum Gasteiger partial charge on any atom is 0.235 e. The first-order valence-electron chi connectivity index (χ1n) is 9.67. The van der Waals surface area contributed by atoms with Crippen molar-refractivity contribution in [2.45, 2.75) is 32.5 Å². The summed E-state index contributed by atoms with van der Waals surface area (Å²) in [6, 6.07) is 13.8. The number of carbonyl (C=O) groups is 1. The number of amides is 1. The molecule has 0 fully saturated rings. The van der Waals surface area contributed by atoms with Crippen LogP contribution in [-0.4, -0.2) is 35.2 Å². The zero-order valence-electron chi connectivity index (χ0n) is 16.0. The van der Waals surface area contributed by atoms with Crippen molar-refractivity contribution in [2.75, 3.05) is 13.1 Å². The first-order valence-corrected chi connectivity index (χ1v) is 9.67. The Labute approximate surface area is 165 Å². The first kappa shape index (κ1) is 18.5. The number of benzene rings is 2. The van der Waals surface area contributed by atoms with Crippen LogP contribution in [0.15, 0.2) is 48.7 Å². The number of aryl methyl sites for hydroxylation is 1. The summed E-state index contributed by atoms with van der Waals surface area (Å²) < 4.78 is 0. The molecule has 0 spiro atoms. The minimum Gasteiger partial charge on any atom is -0.507 e. The molecule has 2 aliphatic heterocycles. The van der Waals surface area contributed by atoms with E-state index >= 15 is 0 Å². The molecule has 146 valence electrons. The zero-order chi connectivity index (χ0) is 19.5. The van der Waals surface area contributed by atoms with E-state index in [-0.39, 0.29) is 17.8 Å². The molecule has 2 heterocycles. The number of rotatable bonds is 4. The number of hydrogen-bond acceptors (Lipinski definition) is 5. The van der Waals surface area contributed by atoms with Gasteiger partial charge in [-0.3, -0.25) is 9.69 Å². The number of nitrogens with one attached hydrogen (secondary N) is 3. The lowest BCUT2D eigenvalue weighted by Crippen LogP contribution is -2.54. The number of carbonyl (C=O) groups excluding carboxylic acids is 1. The fourth-order valence-electron chi connectivity index (χ4n) is 3.90. The standard InChI is InChI=1S/C22H26N4O2/c1-15-6-7-16-8-9-26(13-18(16)10-15)14-22(28)24-21-11-17(12-23-25-21)19-4-2-3-5-20(19)27/h2-7,10,12,21,23,25,27H,8-9,11,13-14H2,1H3,(H,24,28). The van der Waals surface area contributed by atoms with Gasteiger partial charge in [0.15, 0.2) is 0 Å². The molecule has 4 rings (SSSR count). The van der Waals surface area contributed by atoms with Gasteiger partial charge in [-0.15, -0.1) is 0 Å². The number of hydrogen-bond donors (Lipinski definition) is 4. The van der Waals surface area contributed by atoms with Gasteiger partial charge in [0.2, 0.25) is 5.91 Å². The third-order valence-electron chi connectivity index (χ3n) is 5.33. The van der Waals surface area contributed by atoms with Gasteiger partial charge in [-0.05, 0) is 36.1 Å².